The van der Waals surface area contributed by atoms with Crippen molar-refractivity contribution in [3.63, 3.8) is 0 Å². The molecule has 0 bridgehead atoms. The summed E-state index contributed by atoms with van der Waals surface area (Å²) in [5.41, 5.74) is 3.33. The normalized spacial score (nSPS) is 10.8. The molecule has 1 aromatic heterocycles. The van der Waals surface area contributed by atoms with Crippen LogP contribution in [0.15, 0.2) is 53.3 Å². The molecule has 0 saturated carbocycles. The summed E-state index contributed by atoms with van der Waals surface area (Å²) in [5.74, 6) is -0.0527. The lowest BCUT2D eigenvalue weighted by atomic mass is 10.2. The molecular formula is C19H22N4O2. The van der Waals surface area contributed by atoms with E-state index >= 15 is 0 Å². The largest absolute Gasteiger partial charge is 0.374 e. The fourth-order valence-electron chi connectivity index (χ4n) is 2.89. The van der Waals surface area contributed by atoms with E-state index in [0.717, 1.165) is 16.7 Å². The standard InChI is InChI=1S/C19H22N4O2/c1-21(15-7-5-4-6-8-15)12-11-18(24)20-14-9-10-16-17(13-14)23(3)19(25)22(16)2/h4-10,13H,11-12H2,1-3H3,(H,20,24). The highest BCUT2D eigenvalue weighted by Crippen LogP contribution is 2.18. The number of benzene rings is 2. The van der Waals surface area contributed by atoms with Crippen LogP contribution < -0.4 is 15.9 Å². The third-order valence-corrected chi connectivity index (χ3v) is 4.43. The molecule has 6 nitrogen and oxygen atoms in total. The molecule has 0 spiro atoms. The number of hydrogen-bond acceptors (Lipinski definition) is 3. The summed E-state index contributed by atoms with van der Waals surface area (Å²) in [4.78, 5) is 26.2. The second-order valence-corrected chi connectivity index (χ2v) is 6.16. The van der Waals surface area contributed by atoms with E-state index in [1.54, 1.807) is 23.2 Å². The molecule has 0 radical (unpaired) electrons. The Kier molecular flexibility index (Phi) is 4.61. The molecule has 3 rings (SSSR count). The van der Waals surface area contributed by atoms with E-state index < -0.39 is 0 Å². The molecule has 1 amide bonds. The Hall–Kier alpha value is -3.02. The van der Waals surface area contributed by atoms with Crippen LogP contribution in [0.1, 0.15) is 6.42 Å². The van der Waals surface area contributed by atoms with Crippen molar-refractivity contribution in [2.75, 3.05) is 23.8 Å². The summed E-state index contributed by atoms with van der Waals surface area (Å²) in [7, 11) is 5.43. The Labute approximate surface area is 146 Å². The van der Waals surface area contributed by atoms with Gasteiger partial charge in [-0.15, -0.1) is 0 Å². The minimum absolute atomic E-state index is 0.0527. The predicted molar refractivity (Wildman–Crippen MR) is 101 cm³/mol. The van der Waals surface area contributed by atoms with Crippen molar-refractivity contribution in [1.82, 2.24) is 9.13 Å². The minimum atomic E-state index is -0.0806. The zero-order valence-corrected chi connectivity index (χ0v) is 14.7. The molecule has 3 aromatic rings. The molecule has 6 heteroatoms. The number of aromatic nitrogens is 2. The van der Waals surface area contributed by atoms with Crippen molar-refractivity contribution in [1.29, 1.82) is 0 Å². The molecule has 0 aliphatic rings. The molecule has 2 aromatic carbocycles. The van der Waals surface area contributed by atoms with E-state index in [0.29, 0.717) is 18.7 Å². The van der Waals surface area contributed by atoms with E-state index in [9.17, 15) is 9.59 Å². The summed E-state index contributed by atoms with van der Waals surface area (Å²) in [6.07, 6.45) is 0.386. The quantitative estimate of drug-likeness (QED) is 0.777. The summed E-state index contributed by atoms with van der Waals surface area (Å²) >= 11 is 0. The third-order valence-electron chi connectivity index (χ3n) is 4.43. The number of carbonyl (C=O) groups excluding carboxylic acids is 1. The van der Waals surface area contributed by atoms with Crippen molar-refractivity contribution in [2.24, 2.45) is 14.1 Å². The van der Waals surface area contributed by atoms with Crippen molar-refractivity contribution in [3.8, 4) is 0 Å². The molecule has 1 heterocycles. The summed E-state index contributed by atoms with van der Waals surface area (Å²) in [6, 6.07) is 15.5. The first kappa shape index (κ1) is 16.8. The van der Waals surface area contributed by atoms with Crippen LogP contribution in [0.25, 0.3) is 11.0 Å². The molecule has 0 aliphatic carbocycles. The van der Waals surface area contributed by atoms with Crippen LogP contribution in [-0.4, -0.2) is 28.6 Å². The van der Waals surface area contributed by atoms with E-state index in [2.05, 4.69) is 5.32 Å². The van der Waals surface area contributed by atoms with Crippen molar-refractivity contribution in [3.05, 3.63) is 59.0 Å². The van der Waals surface area contributed by atoms with Gasteiger partial charge in [0.2, 0.25) is 5.91 Å². The lowest BCUT2D eigenvalue weighted by Crippen LogP contribution is -2.23. The SMILES string of the molecule is CN(CCC(=O)Nc1ccc2c(c1)n(C)c(=O)n2C)c1ccccc1. The Morgan fingerprint density at radius 2 is 1.72 bits per heavy atom. The number of rotatable bonds is 5. The number of aryl methyl sites for hydroxylation is 2. The maximum absolute atomic E-state index is 12.2. The number of nitrogens with zero attached hydrogens (tertiary/aromatic N) is 3. The van der Waals surface area contributed by atoms with Crippen LogP contribution in [0.4, 0.5) is 11.4 Å². The zero-order valence-electron chi connectivity index (χ0n) is 14.7. The van der Waals surface area contributed by atoms with Gasteiger partial charge in [0, 0.05) is 45.5 Å². The van der Waals surface area contributed by atoms with Gasteiger partial charge < -0.3 is 10.2 Å². The fraction of sp³-hybridized carbons (Fsp3) is 0.263. The number of fused-ring (bicyclic) bond motifs is 1. The Balaban J connectivity index is 1.66. The van der Waals surface area contributed by atoms with Gasteiger partial charge in [-0.05, 0) is 30.3 Å². The lowest BCUT2D eigenvalue weighted by molar-refractivity contribution is -0.116. The number of amides is 1. The fourth-order valence-corrected chi connectivity index (χ4v) is 2.89. The van der Waals surface area contributed by atoms with Crippen molar-refractivity contribution in [2.45, 2.75) is 6.42 Å². The minimum Gasteiger partial charge on any atom is -0.374 e. The van der Waals surface area contributed by atoms with Crippen LogP contribution in [-0.2, 0) is 18.9 Å². The smallest absolute Gasteiger partial charge is 0.328 e. The molecule has 0 atom stereocenters. The van der Waals surface area contributed by atoms with Crippen LogP contribution in [0, 0.1) is 0 Å². The summed E-state index contributed by atoms with van der Waals surface area (Å²) in [6.45, 7) is 0.627. The Morgan fingerprint density at radius 1 is 1.04 bits per heavy atom. The maximum atomic E-state index is 12.2. The molecule has 130 valence electrons. The second kappa shape index (κ2) is 6.84. The first-order chi connectivity index (χ1) is 12.0. The van der Waals surface area contributed by atoms with Gasteiger partial charge in [-0.2, -0.15) is 0 Å². The first-order valence-electron chi connectivity index (χ1n) is 8.19. The van der Waals surface area contributed by atoms with Crippen LogP contribution in [0.3, 0.4) is 0 Å². The van der Waals surface area contributed by atoms with Gasteiger partial charge in [0.25, 0.3) is 0 Å². The zero-order chi connectivity index (χ0) is 18.0. The van der Waals surface area contributed by atoms with Crippen molar-refractivity contribution >= 4 is 28.3 Å². The number of nitrogens with one attached hydrogen (secondary N) is 1. The highest BCUT2D eigenvalue weighted by atomic mass is 16.2. The van der Waals surface area contributed by atoms with E-state index in [4.69, 9.17) is 0 Å². The molecule has 0 saturated heterocycles. The summed E-state index contributed by atoms with van der Waals surface area (Å²) in [5, 5.41) is 2.91. The van der Waals surface area contributed by atoms with Crippen LogP contribution in [0.2, 0.25) is 0 Å². The molecule has 1 N–H and O–H groups in total. The number of imidazole rings is 1. The monoisotopic (exact) mass is 338 g/mol. The highest BCUT2D eigenvalue weighted by Gasteiger charge is 2.10. The number of carbonyl (C=O) groups is 1. The van der Waals surface area contributed by atoms with Gasteiger partial charge in [-0.3, -0.25) is 13.9 Å². The molecular weight excluding hydrogens is 316 g/mol. The first-order valence-corrected chi connectivity index (χ1v) is 8.19. The predicted octanol–water partition coefficient (Wildman–Crippen LogP) is 2.34. The van der Waals surface area contributed by atoms with Crippen LogP contribution in [0.5, 0.6) is 0 Å². The van der Waals surface area contributed by atoms with Gasteiger partial charge in [0.1, 0.15) is 0 Å². The maximum Gasteiger partial charge on any atom is 0.328 e. The van der Waals surface area contributed by atoms with Crippen molar-refractivity contribution < 1.29 is 4.79 Å². The van der Waals surface area contributed by atoms with E-state index in [1.165, 1.54) is 0 Å². The molecule has 0 aliphatic heterocycles. The molecule has 0 fully saturated rings. The number of anilines is 2. The molecule has 25 heavy (non-hydrogen) atoms. The number of para-hydroxylation sites is 1. The second-order valence-electron chi connectivity index (χ2n) is 6.16. The molecule has 0 unspecified atom stereocenters. The van der Waals surface area contributed by atoms with Gasteiger partial charge in [-0.1, -0.05) is 18.2 Å². The van der Waals surface area contributed by atoms with Gasteiger partial charge in [0.15, 0.2) is 0 Å². The average Bonchev–Trinajstić information content (AvgIpc) is 2.84. The van der Waals surface area contributed by atoms with Gasteiger partial charge >= 0.3 is 5.69 Å². The topological polar surface area (TPSA) is 59.3 Å². The van der Waals surface area contributed by atoms with Gasteiger partial charge in [-0.25, -0.2) is 4.79 Å². The van der Waals surface area contributed by atoms with Gasteiger partial charge in [0.05, 0.1) is 11.0 Å². The lowest BCUT2D eigenvalue weighted by Gasteiger charge is -2.18. The Morgan fingerprint density at radius 3 is 2.44 bits per heavy atom. The van der Waals surface area contributed by atoms with E-state index in [-0.39, 0.29) is 11.6 Å². The third kappa shape index (κ3) is 3.42. The van der Waals surface area contributed by atoms with E-state index in [1.807, 2.05) is 60.5 Å². The average molecular weight is 338 g/mol. The summed E-state index contributed by atoms with van der Waals surface area (Å²) < 4.78 is 3.17. The number of hydrogen-bond donors (Lipinski definition) is 1. The highest BCUT2D eigenvalue weighted by molar-refractivity contribution is 5.93. The van der Waals surface area contributed by atoms with Crippen LogP contribution >= 0.6 is 0 Å². The Bertz CT molecular complexity index is 957.